The summed E-state index contributed by atoms with van der Waals surface area (Å²) in [7, 11) is 0. The van der Waals surface area contributed by atoms with Gasteiger partial charge in [0.2, 0.25) is 0 Å². The number of hydrogen-bond acceptors (Lipinski definition) is 0. The molecule has 0 amide bonds. The Kier molecular flexibility index (Phi) is 0.926. The molecule has 0 aliphatic heterocycles. The first kappa shape index (κ1) is 5.59. The fourth-order valence-electron chi connectivity index (χ4n) is 1.25. The summed E-state index contributed by atoms with van der Waals surface area (Å²) in [6.07, 6.45) is 6.10. The van der Waals surface area contributed by atoms with Crippen LogP contribution in [0.3, 0.4) is 0 Å². The number of nitrogens with zero attached hydrogens (tertiary/aromatic N) is 1. The van der Waals surface area contributed by atoms with Gasteiger partial charge in [-0.3, -0.25) is 0 Å². The van der Waals surface area contributed by atoms with Crippen molar-refractivity contribution >= 4 is 5.65 Å². The molecule has 0 aliphatic rings. The van der Waals surface area contributed by atoms with Crippen LogP contribution in [0.2, 0.25) is 0 Å². The Balaban J connectivity index is 2.95. The van der Waals surface area contributed by atoms with Crippen molar-refractivity contribution in [1.29, 1.82) is 0 Å². The van der Waals surface area contributed by atoms with Crippen LogP contribution in [0.1, 0.15) is 11.1 Å². The van der Waals surface area contributed by atoms with Crippen LogP contribution in [-0.4, -0.2) is 9.38 Å². The summed E-state index contributed by atoms with van der Waals surface area (Å²) in [6.45, 7) is 4.25. The van der Waals surface area contributed by atoms with Gasteiger partial charge in [-0.1, -0.05) is 0 Å². The Morgan fingerprint density at radius 2 is 2.20 bits per heavy atom. The van der Waals surface area contributed by atoms with Crippen LogP contribution in [0.4, 0.5) is 0 Å². The van der Waals surface area contributed by atoms with Crippen molar-refractivity contribution in [2.45, 2.75) is 13.8 Å². The molecular formula is C8H10N2. The fraction of sp³-hybridized carbons (Fsp3) is 0.250. The molecular weight excluding hydrogens is 124 g/mol. The first-order valence-corrected chi connectivity index (χ1v) is 3.40. The summed E-state index contributed by atoms with van der Waals surface area (Å²) in [5.41, 5.74) is 3.88. The molecule has 0 bridgehead atoms. The van der Waals surface area contributed by atoms with Crippen LogP contribution < -0.4 is 0 Å². The van der Waals surface area contributed by atoms with E-state index in [4.69, 9.17) is 0 Å². The van der Waals surface area contributed by atoms with E-state index in [0.29, 0.717) is 0 Å². The molecule has 2 heteroatoms. The predicted octanol–water partition coefficient (Wildman–Crippen LogP) is 1.88. The third-order valence-corrected chi connectivity index (χ3v) is 1.99. The zero-order chi connectivity index (χ0) is 7.14. The third kappa shape index (κ3) is 0.533. The lowest BCUT2D eigenvalue weighted by Gasteiger charge is -1.84. The zero-order valence-electron chi connectivity index (χ0n) is 6.18. The van der Waals surface area contributed by atoms with Crippen LogP contribution >= 0.6 is 0 Å². The minimum absolute atomic E-state index is 1.21. The molecule has 0 atom stereocenters. The molecule has 1 N–H and O–H groups in total. The van der Waals surface area contributed by atoms with Gasteiger partial charge in [-0.15, -0.1) is 0 Å². The van der Waals surface area contributed by atoms with E-state index in [2.05, 4.69) is 29.4 Å². The van der Waals surface area contributed by atoms with E-state index in [1.807, 2.05) is 12.4 Å². The van der Waals surface area contributed by atoms with Gasteiger partial charge in [0.15, 0.2) is 0 Å². The van der Waals surface area contributed by atoms with Gasteiger partial charge in [-0.05, 0) is 25.0 Å². The molecule has 0 aromatic carbocycles. The largest absolute Gasteiger partial charge is 0.346 e. The SMILES string of the molecule is Cc1cn2cc[nH]c2c1C. The van der Waals surface area contributed by atoms with Gasteiger partial charge < -0.3 is 9.38 Å². The summed E-state index contributed by atoms with van der Waals surface area (Å²) < 4.78 is 2.10. The maximum Gasteiger partial charge on any atom is 0.117 e. The Hall–Kier alpha value is -1.18. The normalized spacial score (nSPS) is 11.0. The number of hydrogen-bond donors (Lipinski definition) is 1. The third-order valence-electron chi connectivity index (χ3n) is 1.99. The minimum atomic E-state index is 1.21. The lowest BCUT2D eigenvalue weighted by atomic mass is 10.2. The van der Waals surface area contributed by atoms with Crippen molar-refractivity contribution in [2.75, 3.05) is 0 Å². The van der Waals surface area contributed by atoms with E-state index in [-0.39, 0.29) is 0 Å². The maximum atomic E-state index is 3.17. The number of aryl methyl sites for hydroxylation is 2. The second-order valence-electron chi connectivity index (χ2n) is 2.65. The van der Waals surface area contributed by atoms with Crippen LogP contribution in [-0.2, 0) is 0 Å². The number of nitrogens with one attached hydrogen (secondary N) is 1. The van der Waals surface area contributed by atoms with Gasteiger partial charge in [0.05, 0.1) is 0 Å². The van der Waals surface area contributed by atoms with Gasteiger partial charge >= 0.3 is 0 Å². The summed E-state index contributed by atoms with van der Waals surface area (Å²) in [6, 6.07) is 0. The highest BCUT2D eigenvalue weighted by molar-refractivity contribution is 5.52. The van der Waals surface area contributed by atoms with E-state index < -0.39 is 0 Å². The molecule has 2 aromatic heterocycles. The van der Waals surface area contributed by atoms with E-state index in [1.54, 1.807) is 0 Å². The van der Waals surface area contributed by atoms with E-state index >= 15 is 0 Å². The number of aromatic amines is 1. The van der Waals surface area contributed by atoms with E-state index in [1.165, 1.54) is 16.8 Å². The van der Waals surface area contributed by atoms with E-state index in [0.717, 1.165) is 0 Å². The zero-order valence-corrected chi connectivity index (χ0v) is 6.18. The van der Waals surface area contributed by atoms with Crippen molar-refractivity contribution < 1.29 is 0 Å². The fourth-order valence-corrected chi connectivity index (χ4v) is 1.25. The quantitative estimate of drug-likeness (QED) is 0.567. The average molecular weight is 134 g/mol. The van der Waals surface area contributed by atoms with Gasteiger partial charge in [0, 0.05) is 18.6 Å². The molecule has 0 fully saturated rings. The summed E-state index contributed by atoms with van der Waals surface area (Å²) in [5.74, 6) is 0. The monoisotopic (exact) mass is 134 g/mol. The van der Waals surface area contributed by atoms with Crippen molar-refractivity contribution in [2.24, 2.45) is 0 Å². The number of imidazole rings is 1. The van der Waals surface area contributed by atoms with E-state index in [9.17, 15) is 0 Å². The van der Waals surface area contributed by atoms with Crippen molar-refractivity contribution in [3.8, 4) is 0 Å². The molecule has 2 heterocycles. The van der Waals surface area contributed by atoms with Crippen LogP contribution in [0.5, 0.6) is 0 Å². The molecule has 2 rings (SSSR count). The highest BCUT2D eigenvalue weighted by atomic mass is 15.0. The number of aromatic nitrogens is 2. The molecule has 2 aromatic rings. The molecule has 0 radical (unpaired) electrons. The van der Waals surface area contributed by atoms with Crippen molar-refractivity contribution in [1.82, 2.24) is 9.38 Å². The van der Waals surface area contributed by atoms with Crippen LogP contribution in [0, 0.1) is 13.8 Å². The second-order valence-corrected chi connectivity index (χ2v) is 2.65. The Bertz CT molecular complexity index is 354. The van der Waals surface area contributed by atoms with Crippen LogP contribution in [0.25, 0.3) is 5.65 Å². The number of rotatable bonds is 0. The lowest BCUT2D eigenvalue weighted by molar-refractivity contribution is 1.21. The minimum Gasteiger partial charge on any atom is -0.346 e. The Morgan fingerprint density at radius 1 is 1.40 bits per heavy atom. The van der Waals surface area contributed by atoms with Crippen molar-refractivity contribution in [3.63, 3.8) is 0 Å². The molecule has 0 unspecified atom stereocenters. The first-order valence-electron chi connectivity index (χ1n) is 3.40. The summed E-state index contributed by atoms with van der Waals surface area (Å²) in [4.78, 5) is 3.17. The lowest BCUT2D eigenvalue weighted by Crippen LogP contribution is -1.72. The predicted molar refractivity (Wildman–Crippen MR) is 41.2 cm³/mol. The number of H-pyrrole nitrogens is 1. The molecule has 0 aliphatic carbocycles. The molecule has 52 valence electrons. The highest BCUT2D eigenvalue weighted by Crippen LogP contribution is 2.13. The first-order chi connectivity index (χ1) is 4.79. The maximum absolute atomic E-state index is 3.17. The molecule has 10 heavy (non-hydrogen) atoms. The Labute approximate surface area is 59.5 Å². The van der Waals surface area contributed by atoms with Gasteiger partial charge in [0.1, 0.15) is 5.65 Å². The summed E-state index contributed by atoms with van der Waals surface area (Å²) in [5, 5.41) is 0. The molecule has 0 saturated carbocycles. The Morgan fingerprint density at radius 3 is 2.90 bits per heavy atom. The second kappa shape index (κ2) is 1.66. The molecule has 2 nitrogen and oxygen atoms in total. The standard InChI is InChI=1S/C8H10N2/c1-6-5-10-4-3-9-8(10)7(6)2/h3-5,9H,1-2H3. The topological polar surface area (TPSA) is 20.2 Å². The van der Waals surface area contributed by atoms with Gasteiger partial charge in [0.25, 0.3) is 0 Å². The average Bonchev–Trinajstić information content (AvgIpc) is 2.41. The summed E-state index contributed by atoms with van der Waals surface area (Å²) >= 11 is 0. The highest BCUT2D eigenvalue weighted by Gasteiger charge is 2.00. The van der Waals surface area contributed by atoms with Gasteiger partial charge in [-0.25, -0.2) is 0 Å². The van der Waals surface area contributed by atoms with Crippen LogP contribution in [0.15, 0.2) is 18.6 Å². The molecule has 0 spiro atoms. The number of fused-ring (bicyclic) bond motifs is 1. The smallest absolute Gasteiger partial charge is 0.117 e. The molecule has 0 saturated heterocycles. The van der Waals surface area contributed by atoms with Crippen molar-refractivity contribution in [3.05, 3.63) is 29.7 Å². The van der Waals surface area contributed by atoms with Gasteiger partial charge in [-0.2, -0.15) is 0 Å².